The summed E-state index contributed by atoms with van der Waals surface area (Å²) in [4.78, 5) is 37.2. The molecular weight excluding hydrogens is 384 g/mol. The number of hydroxylamine groups is 2. The number of rotatable bonds is 3. The smallest absolute Gasteiger partial charge is 0.313 e. The summed E-state index contributed by atoms with van der Waals surface area (Å²) >= 11 is 1.31. The Bertz CT molecular complexity index is 914. The van der Waals surface area contributed by atoms with Crippen LogP contribution < -0.4 is 10.6 Å². The van der Waals surface area contributed by atoms with E-state index in [1.54, 1.807) is 6.07 Å². The zero-order chi connectivity index (χ0) is 19.9. The molecule has 0 saturated carbocycles. The lowest BCUT2D eigenvalue weighted by atomic mass is 10.1. The number of amides is 2. The Kier molecular flexibility index (Phi) is 4.79. The van der Waals surface area contributed by atoms with Gasteiger partial charge in [-0.3, -0.25) is 19.7 Å². The molecule has 2 aliphatic rings. The van der Waals surface area contributed by atoms with E-state index in [0.29, 0.717) is 11.3 Å². The minimum atomic E-state index is -1.10. The second-order valence-corrected chi connectivity index (χ2v) is 8.15. The highest BCUT2D eigenvalue weighted by molar-refractivity contribution is 7.20. The molecule has 2 unspecified atom stereocenters. The normalized spacial score (nSPS) is 27.9. The van der Waals surface area contributed by atoms with Crippen molar-refractivity contribution in [3.63, 3.8) is 0 Å². The van der Waals surface area contributed by atoms with Gasteiger partial charge in [-0.05, 0) is 17.5 Å². The topological polar surface area (TPSA) is 122 Å². The van der Waals surface area contributed by atoms with E-state index in [9.17, 15) is 24.7 Å². The van der Waals surface area contributed by atoms with Gasteiger partial charge in [0.1, 0.15) is 19.0 Å². The second kappa shape index (κ2) is 7.13. The molecule has 3 atom stereocenters. The number of carbonyl (C=O) groups excluding carboxylic acids is 2. The van der Waals surface area contributed by atoms with Crippen molar-refractivity contribution in [1.82, 2.24) is 15.6 Å². The lowest BCUT2D eigenvalue weighted by Gasteiger charge is -2.52. The summed E-state index contributed by atoms with van der Waals surface area (Å²) < 4.78 is -0.115. The summed E-state index contributed by atoms with van der Waals surface area (Å²) in [5, 5.41) is 30.3. The number of carboxylic acid groups (broad SMARTS) is 1. The minimum Gasteiger partial charge on any atom is -0.606 e. The Balaban J connectivity index is 1.61. The number of nitrogens with one attached hydrogen (secondary N) is 2. The molecule has 1 aromatic carbocycles. The Morgan fingerprint density at radius 2 is 2.14 bits per heavy atom. The van der Waals surface area contributed by atoms with E-state index in [2.05, 4.69) is 10.6 Å². The molecule has 2 aromatic rings. The molecule has 0 spiro atoms. The summed E-state index contributed by atoms with van der Waals surface area (Å²) in [5.41, 5.74) is 0. The average Bonchev–Trinajstić information content (AvgIpc) is 3.02. The van der Waals surface area contributed by atoms with Gasteiger partial charge < -0.3 is 15.6 Å². The quantitative estimate of drug-likeness (QED) is 0.520. The monoisotopic (exact) mass is 404 g/mol. The number of carbonyl (C=O) groups is 3. The molecule has 1 aromatic heterocycles. The maximum absolute atomic E-state index is 13.3. The molecule has 2 amide bonds. The Labute approximate surface area is 164 Å². The molecule has 2 aliphatic heterocycles. The molecule has 0 bridgehead atoms. The van der Waals surface area contributed by atoms with Crippen molar-refractivity contribution >= 4 is 39.2 Å². The van der Waals surface area contributed by atoms with Crippen LogP contribution in [0.25, 0.3) is 10.1 Å². The number of hydrogen-bond donors (Lipinski definition) is 3. The van der Waals surface area contributed by atoms with Crippen LogP contribution in [0, 0.1) is 11.1 Å². The molecule has 3 N–H and O–H groups in total. The third-order valence-electron chi connectivity index (χ3n) is 5.12. The Hall–Kier alpha value is -2.53. The number of aliphatic carboxylic acids is 1. The first-order valence-electron chi connectivity index (χ1n) is 9.04. The summed E-state index contributed by atoms with van der Waals surface area (Å²) in [6.07, 6.45) is -0.480. The molecule has 4 rings (SSSR count). The molecule has 0 radical (unpaired) electrons. The van der Waals surface area contributed by atoms with Crippen molar-refractivity contribution in [2.75, 3.05) is 19.6 Å². The van der Waals surface area contributed by atoms with E-state index in [4.69, 9.17) is 0 Å². The van der Waals surface area contributed by atoms with E-state index in [1.807, 2.05) is 24.3 Å². The van der Waals surface area contributed by atoms with Crippen LogP contribution in [0.2, 0.25) is 0 Å². The maximum atomic E-state index is 13.3. The molecule has 2 fully saturated rings. The zero-order valence-electron chi connectivity index (χ0n) is 15.0. The number of hydrogen-bond acceptors (Lipinski definition) is 6. The van der Waals surface area contributed by atoms with Crippen molar-refractivity contribution < 1.29 is 24.2 Å². The van der Waals surface area contributed by atoms with Crippen LogP contribution in [0.3, 0.4) is 0 Å². The first-order chi connectivity index (χ1) is 13.4. The van der Waals surface area contributed by atoms with E-state index in [1.165, 1.54) is 11.3 Å². The lowest BCUT2D eigenvalue weighted by molar-refractivity contribution is -0.989. The number of nitrogens with zero attached hydrogens (tertiary/aromatic N) is 2. The van der Waals surface area contributed by atoms with Gasteiger partial charge in [0.2, 0.25) is 6.29 Å². The number of benzene rings is 1. The summed E-state index contributed by atoms with van der Waals surface area (Å²) in [7, 11) is 0. The second-order valence-electron chi connectivity index (χ2n) is 7.06. The van der Waals surface area contributed by atoms with Crippen molar-refractivity contribution in [3.05, 3.63) is 40.4 Å². The third-order valence-corrected chi connectivity index (χ3v) is 6.24. The molecular formula is C18H20N4O5S. The van der Waals surface area contributed by atoms with Gasteiger partial charge >= 0.3 is 5.97 Å². The number of carboxylic acids is 1. The predicted molar refractivity (Wildman–Crippen MR) is 102 cm³/mol. The fourth-order valence-corrected chi connectivity index (χ4v) is 4.72. The minimum absolute atomic E-state index is 0.0152. The zero-order valence-corrected chi connectivity index (χ0v) is 15.8. The van der Waals surface area contributed by atoms with Crippen LogP contribution in [-0.4, -0.2) is 58.6 Å². The first-order valence-corrected chi connectivity index (χ1v) is 9.85. The van der Waals surface area contributed by atoms with Crippen LogP contribution in [0.15, 0.2) is 30.3 Å². The van der Waals surface area contributed by atoms with Crippen molar-refractivity contribution in [3.8, 4) is 0 Å². The van der Waals surface area contributed by atoms with Crippen LogP contribution in [0.1, 0.15) is 22.5 Å². The van der Waals surface area contributed by atoms with E-state index in [0.717, 1.165) is 15.1 Å². The third kappa shape index (κ3) is 3.35. The van der Waals surface area contributed by atoms with Crippen LogP contribution in [-0.2, 0) is 9.59 Å². The average molecular weight is 404 g/mol. The molecule has 2 saturated heterocycles. The fourth-order valence-electron chi connectivity index (χ4n) is 3.75. The molecule has 10 heteroatoms. The van der Waals surface area contributed by atoms with Crippen molar-refractivity contribution in [1.29, 1.82) is 0 Å². The van der Waals surface area contributed by atoms with E-state index >= 15 is 0 Å². The van der Waals surface area contributed by atoms with Gasteiger partial charge in [-0.1, -0.05) is 18.2 Å². The Morgan fingerprint density at radius 1 is 1.36 bits per heavy atom. The van der Waals surface area contributed by atoms with Gasteiger partial charge in [-0.25, -0.2) is 4.76 Å². The van der Waals surface area contributed by atoms with Crippen LogP contribution in [0.5, 0.6) is 0 Å². The van der Waals surface area contributed by atoms with Gasteiger partial charge in [0.15, 0.2) is 0 Å². The number of thiophene rings is 1. The molecule has 0 aliphatic carbocycles. The number of fused-ring (bicyclic) bond motifs is 2. The fraction of sp³-hybridized carbons (Fsp3) is 0.389. The lowest BCUT2D eigenvalue weighted by Crippen LogP contribution is -2.70. The van der Waals surface area contributed by atoms with Gasteiger partial charge in [-0.2, -0.15) is 5.01 Å². The summed E-state index contributed by atoms with van der Waals surface area (Å²) in [6, 6.07) is 9.33. The van der Waals surface area contributed by atoms with Crippen molar-refractivity contribution in [2.24, 2.45) is 5.92 Å². The SMILES string of the molecule is O=C(NC1NC[C@H](C(=O)O)C[N+]2([O-])CCCC(=O)N12)c1cc2ccccc2s1. The summed E-state index contributed by atoms with van der Waals surface area (Å²) in [5.74, 6) is -2.87. The van der Waals surface area contributed by atoms with E-state index in [-0.39, 0.29) is 26.1 Å². The largest absolute Gasteiger partial charge is 0.606 e. The van der Waals surface area contributed by atoms with E-state index < -0.39 is 34.7 Å². The Morgan fingerprint density at radius 3 is 2.89 bits per heavy atom. The maximum Gasteiger partial charge on any atom is 0.313 e. The highest BCUT2D eigenvalue weighted by Crippen LogP contribution is 2.28. The first kappa shape index (κ1) is 18.8. The van der Waals surface area contributed by atoms with Crippen LogP contribution in [0.4, 0.5) is 0 Å². The number of quaternary nitrogens is 1. The van der Waals surface area contributed by atoms with Gasteiger partial charge in [0, 0.05) is 24.1 Å². The molecule has 9 nitrogen and oxygen atoms in total. The van der Waals surface area contributed by atoms with Gasteiger partial charge in [-0.15, -0.1) is 11.3 Å². The highest BCUT2D eigenvalue weighted by atomic mass is 32.1. The summed E-state index contributed by atoms with van der Waals surface area (Å²) in [6.45, 7) is -0.158. The standard InChI is InChI=1S/C18H20N4O5S/c23-15-6-3-7-22(27)10-12(17(25)26)9-19-18(21(15)22)20-16(24)14-8-11-4-1-2-5-13(11)28-14/h1-2,4-5,8,12,18-19H,3,6-7,9-10H2,(H,20,24)(H,25,26)/t12-,18?,22?/m0/s1. The molecule has 148 valence electrons. The van der Waals surface area contributed by atoms with Crippen molar-refractivity contribution in [2.45, 2.75) is 19.1 Å². The van der Waals surface area contributed by atoms with Gasteiger partial charge in [0.25, 0.3) is 11.8 Å². The highest BCUT2D eigenvalue weighted by Gasteiger charge is 2.46. The van der Waals surface area contributed by atoms with Crippen LogP contribution >= 0.6 is 11.3 Å². The van der Waals surface area contributed by atoms with Gasteiger partial charge in [0.05, 0.1) is 4.88 Å². The molecule has 28 heavy (non-hydrogen) atoms. The molecule has 3 heterocycles. The predicted octanol–water partition coefficient (Wildman–Crippen LogP) is 1.07.